The van der Waals surface area contributed by atoms with E-state index < -0.39 is 5.97 Å². The Balaban J connectivity index is 1.93. The van der Waals surface area contributed by atoms with E-state index in [2.05, 4.69) is 6.07 Å². The number of aliphatic carboxylic acids is 1. The lowest BCUT2D eigenvalue weighted by Crippen LogP contribution is -1.94. The van der Waals surface area contributed by atoms with E-state index in [9.17, 15) is 4.79 Å². The number of hydrogen-bond acceptors (Lipinski definition) is 2. The highest BCUT2D eigenvalue weighted by Crippen LogP contribution is 2.29. The van der Waals surface area contributed by atoms with Crippen molar-refractivity contribution in [3.8, 4) is 0 Å². The standard InChI is InChI=1S/C13H18O2S/c14-13(15)8-4-6-11-9-10-5-2-1-3-7-12(10)16-11/h9H,1-8H2,(H,14,15). The molecule has 0 aromatic carbocycles. The second-order valence-electron chi connectivity index (χ2n) is 4.47. The average molecular weight is 238 g/mol. The van der Waals surface area contributed by atoms with E-state index in [4.69, 9.17) is 5.11 Å². The van der Waals surface area contributed by atoms with Gasteiger partial charge in [-0.05, 0) is 50.2 Å². The molecule has 1 aliphatic carbocycles. The number of thiophene rings is 1. The van der Waals surface area contributed by atoms with Gasteiger partial charge in [-0.15, -0.1) is 11.3 Å². The summed E-state index contributed by atoms with van der Waals surface area (Å²) >= 11 is 1.91. The van der Waals surface area contributed by atoms with Crippen molar-refractivity contribution in [2.45, 2.75) is 51.4 Å². The minimum Gasteiger partial charge on any atom is -0.481 e. The molecule has 2 nitrogen and oxygen atoms in total. The predicted octanol–water partition coefficient (Wildman–Crippen LogP) is 3.42. The predicted molar refractivity (Wildman–Crippen MR) is 66.2 cm³/mol. The molecular formula is C13H18O2S. The van der Waals surface area contributed by atoms with Crippen molar-refractivity contribution in [3.05, 3.63) is 21.4 Å². The molecule has 0 atom stereocenters. The molecule has 2 rings (SSSR count). The van der Waals surface area contributed by atoms with Gasteiger partial charge in [0.05, 0.1) is 0 Å². The third-order valence-corrected chi connectivity index (χ3v) is 4.41. The largest absolute Gasteiger partial charge is 0.481 e. The normalized spacial score (nSPS) is 15.5. The number of carboxylic acid groups (broad SMARTS) is 1. The number of carbonyl (C=O) groups is 1. The van der Waals surface area contributed by atoms with Crippen LogP contribution < -0.4 is 0 Å². The molecule has 0 bridgehead atoms. The molecule has 0 fully saturated rings. The highest BCUT2D eigenvalue weighted by Gasteiger charge is 2.12. The Morgan fingerprint density at radius 2 is 2.12 bits per heavy atom. The van der Waals surface area contributed by atoms with Crippen LogP contribution in [0.1, 0.15) is 47.4 Å². The Morgan fingerprint density at radius 3 is 2.94 bits per heavy atom. The van der Waals surface area contributed by atoms with Gasteiger partial charge in [-0.25, -0.2) is 0 Å². The average Bonchev–Trinajstić information content (AvgIpc) is 2.48. The molecule has 1 aromatic rings. The summed E-state index contributed by atoms with van der Waals surface area (Å²) in [6.07, 6.45) is 8.46. The van der Waals surface area contributed by atoms with Gasteiger partial charge < -0.3 is 5.11 Å². The van der Waals surface area contributed by atoms with Gasteiger partial charge in [0.2, 0.25) is 0 Å². The molecule has 0 aliphatic heterocycles. The van der Waals surface area contributed by atoms with Crippen molar-refractivity contribution < 1.29 is 9.90 Å². The van der Waals surface area contributed by atoms with E-state index in [0.29, 0.717) is 6.42 Å². The smallest absolute Gasteiger partial charge is 0.303 e. The lowest BCUT2D eigenvalue weighted by atomic mass is 10.1. The van der Waals surface area contributed by atoms with Gasteiger partial charge in [0.15, 0.2) is 0 Å². The maximum atomic E-state index is 10.4. The van der Waals surface area contributed by atoms with Gasteiger partial charge in [-0.1, -0.05) is 6.42 Å². The lowest BCUT2D eigenvalue weighted by molar-refractivity contribution is -0.137. The summed E-state index contributed by atoms with van der Waals surface area (Å²) in [4.78, 5) is 13.4. The van der Waals surface area contributed by atoms with Crippen LogP contribution in [0.4, 0.5) is 0 Å². The first-order valence-electron chi connectivity index (χ1n) is 6.08. The molecule has 1 heterocycles. The zero-order chi connectivity index (χ0) is 11.4. The van der Waals surface area contributed by atoms with Crippen molar-refractivity contribution >= 4 is 17.3 Å². The van der Waals surface area contributed by atoms with Gasteiger partial charge in [-0.3, -0.25) is 4.79 Å². The summed E-state index contributed by atoms with van der Waals surface area (Å²) < 4.78 is 0. The van der Waals surface area contributed by atoms with Crippen LogP contribution in [0.15, 0.2) is 6.07 Å². The third kappa shape index (κ3) is 3.08. The lowest BCUT2D eigenvalue weighted by Gasteiger charge is -1.95. The SMILES string of the molecule is O=C(O)CCCc1cc2c(s1)CCCCC2. The number of hydrogen-bond donors (Lipinski definition) is 1. The fourth-order valence-corrected chi connectivity index (χ4v) is 3.57. The van der Waals surface area contributed by atoms with Crippen molar-refractivity contribution in [2.75, 3.05) is 0 Å². The van der Waals surface area contributed by atoms with Gasteiger partial charge >= 0.3 is 5.97 Å². The van der Waals surface area contributed by atoms with Crippen LogP contribution in [-0.4, -0.2) is 11.1 Å². The highest BCUT2D eigenvalue weighted by molar-refractivity contribution is 7.12. The Kier molecular flexibility index (Phi) is 3.99. The maximum absolute atomic E-state index is 10.4. The monoisotopic (exact) mass is 238 g/mol. The topological polar surface area (TPSA) is 37.3 Å². The van der Waals surface area contributed by atoms with Gasteiger partial charge in [0.1, 0.15) is 0 Å². The number of carboxylic acids is 1. The quantitative estimate of drug-likeness (QED) is 0.816. The minimum absolute atomic E-state index is 0.294. The summed E-state index contributed by atoms with van der Waals surface area (Å²) in [7, 11) is 0. The van der Waals surface area contributed by atoms with Crippen molar-refractivity contribution in [2.24, 2.45) is 0 Å². The number of rotatable bonds is 4. The summed E-state index contributed by atoms with van der Waals surface area (Å²) in [6, 6.07) is 2.31. The Bertz CT molecular complexity index is 345. The first-order valence-corrected chi connectivity index (χ1v) is 6.89. The summed E-state index contributed by atoms with van der Waals surface area (Å²) in [6.45, 7) is 0. The van der Waals surface area contributed by atoms with Crippen LogP contribution in [0.3, 0.4) is 0 Å². The highest BCUT2D eigenvalue weighted by atomic mass is 32.1. The van der Waals surface area contributed by atoms with Crippen LogP contribution >= 0.6 is 11.3 Å². The Hall–Kier alpha value is -0.830. The molecule has 3 heteroatoms. The van der Waals surface area contributed by atoms with Crippen molar-refractivity contribution in [3.63, 3.8) is 0 Å². The summed E-state index contributed by atoms with van der Waals surface area (Å²) in [5.41, 5.74) is 1.54. The third-order valence-electron chi connectivity index (χ3n) is 3.11. The molecule has 0 saturated carbocycles. The second kappa shape index (κ2) is 5.48. The van der Waals surface area contributed by atoms with E-state index in [1.54, 1.807) is 4.88 Å². The molecule has 0 saturated heterocycles. The van der Waals surface area contributed by atoms with Crippen molar-refractivity contribution in [1.29, 1.82) is 0 Å². The molecule has 16 heavy (non-hydrogen) atoms. The van der Waals surface area contributed by atoms with Crippen LogP contribution in [0.2, 0.25) is 0 Å². The Labute approximate surface area is 100 Å². The maximum Gasteiger partial charge on any atom is 0.303 e. The van der Waals surface area contributed by atoms with E-state index in [0.717, 1.165) is 12.8 Å². The van der Waals surface area contributed by atoms with Gasteiger partial charge in [0.25, 0.3) is 0 Å². The van der Waals surface area contributed by atoms with Crippen LogP contribution in [-0.2, 0) is 24.1 Å². The van der Waals surface area contributed by atoms with Crippen LogP contribution in [0.5, 0.6) is 0 Å². The summed E-state index contributed by atoms with van der Waals surface area (Å²) in [5.74, 6) is -0.682. The fraction of sp³-hybridized carbons (Fsp3) is 0.615. The zero-order valence-corrected chi connectivity index (χ0v) is 10.3. The Morgan fingerprint density at radius 1 is 1.31 bits per heavy atom. The molecule has 0 spiro atoms. The van der Waals surface area contributed by atoms with E-state index >= 15 is 0 Å². The molecule has 0 unspecified atom stereocenters. The zero-order valence-electron chi connectivity index (χ0n) is 9.50. The van der Waals surface area contributed by atoms with E-state index in [1.165, 1.54) is 42.5 Å². The number of fused-ring (bicyclic) bond motifs is 1. The second-order valence-corrected chi connectivity index (χ2v) is 5.69. The molecule has 1 aromatic heterocycles. The van der Waals surface area contributed by atoms with E-state index in [-0.39, 0.29) is 0 Å². The molecule has 0 radical (unpaired) electrons. The molecule has 1 aliphatic rings. The van der Waals surface area contributed by atoms with Gasteiger partial charge in [0, 0.05) is 16.2 Å². The first-order chi connectivity index (χ1) is 7.75. The van der Waals surface area contributed by atoms with Crippen LogP contribution in [0.25, 0.3) is 0 Å². The van der Waals surface area contributed by atoms with Crippen molar-refractivity contribution in [1.82, 2.24) is 0 Å². The fourth-order valence-electron chi connectivity index (χ4n) is 2.27. The van der Waals surface area contributed by atoms with Crippen LogP contribution in [0, 0.1) is 0 Å². The molecule has 1 N–H and O–H groups in total. The minimum atomic E-state index is -0.682. The molecule has 88 valence electrons. The number of aryl methyl sites for hydroxylation is 3. The summed E-state index contributed by atoms with van der Waals surface area (Å²) in [5, 5.41) is 8.59. The van der Waals surface area contributed by atoms with E-state index in [1.807, 2.05) is 11.3 Å². The van der Waals surface area contributed by atoms with Gasteiger partial charge in [-0.2, -0.15) is 0 Å². The first kappa shape index (κ1) is 11.6. The molecular weight excluding hydrogens is 220 g/mol. The molecule has 0 amide bonds.